The van der Waals surface area contributed by atoms with Gasteiger partial charge >= 0.3 is 0 Å². The Bertz CT molecular complexity index is 1050. The van der Waals surface area contributed by atoms with Gasteiger partial charge in [-0.15, -0.1) is 0 Å². The first-order valence-corrected chi connectivity index (χ1v) is 10.8. The SMILES string of the molecule is CCCN=C(NC#N)N1CCc2cc3c(cc2C1Cc1cc(OC)ccc1OC)OCO3. The summed E-state index contributed by atoms with van der Waals surface area (Å²) in [7, 11) is 3.32. The summed E-state index contributed by atoms with van der Waals surface area (Å²) in [6.45, 7) is 3.66. The Morgan fingerprint density at radius 2 is 2.03 bits per heavy atom. The molecule has 2 aromatic rings. The third-order valence-corrected chi connectivity index (χ3v) is 5.82. The van der Waals surface area contributed by atoms with Gasteiger partial charge < -0.3 is 23.8 Å². The first-order valence-electron chi connectivity index (χ1n) is 10.8. The highest BCUT2D eigenvalue weighted by molar-refractivity contribution is 5.82. The molecule has 8 heteroatoms. The van der Waals surface area contributed by atoms with Crippen molar-refractivity contribution in [3.05, 3.63) is 47.0 Å². The standard InChI is InChI=1S/C24H28N4O4/c1-4-8-26-24(27-14-25)28-9-7-16-12-22-23(32-15-31-22)13-19(16)20(28)11-17-10-18(29-2)5-6-21(17)30-3/h5-6,10,12-13,20H,4,7-9,11,15H2,1-3H3,(H,26,27). The second-order valence-electron chi connectivity index (χ2n) is 7.69. The summed E-state index contributed by atoms with van der Waals surface area (Å²) in [6, 6.07) is 9.86. The van der Waals surface area contributed by atoms with Crippen LogP contribution in [0.1, 0.15) is 36.1 Å². The molecule has 32 heavy (non-hydrogen) atoms. The van der Waals surface area contributed by atoms with E-state index >= 15 is 0 Å². The van der Waals surface area contributed by atoms with Crippen LogP contribution in [0.5, 0.6) is 23.0 Å². The van der Waals surface area contributed by atoms with Crippen molar-refractivity contribution in [2.75, 3.05) is 34.1 Å². The molecule has 0 aromatic heterocycles. The van der Waals surface area contributed by atoms with E-state index in [1.807, 2.05) is 18.2 Å². The maximum atomic E-state index is 9.37. The lowest BCUT2D eigenvalue weighted by atomic mass is 9.88. The molecule has 0 fully saturated rings. The van der Waals surface area contributed by atoms with E-state index in [0.29, 0.717) is 18.9 Å². The minimum absolute atomic E-state index is 0.0780. The summed E-state index contributed by atoms with van der Waals surface area (Å²) >= 11 is 0. The Kier molecular flexibility index (Phi) is 6.55. The minimum atomic E-state index is -0.0780. The van der Waals surface area contributed by atoms with Gasteiger partial charge in [-0.25, -0.2) is 0 Å². The average molecular weight is 437 g/mol. The molecular weight excluding hydrogens is 408 g/mol. The van der Waals surface area contributed by atoms with Crippen LogP contribution in [-0.2, 0) is 12.8 Å². The fourth-order valence-corrected chi connectivity index (χ4v) is 4.28. The molecule has 2 heterocycles. The first kappa shape index (κ1) is 21.6. The van der Waals surface area contributed by atoms with Gasteiger partial charge in [0.2, 0.25) is 12.8 Å². The van der Waals surface area contributed by atoms with Crippen LogP contribution in [0.15, 0.2) is 35.3 Å². The van der Waals surface area contributed by atoms with E-state index in [4.69, 9.17) is 18.9 Å². The first-order chi connectivity index (χ1) is 15.7. The van der Waals surface area contributed by atoms with Crippen LogP contribution in [0.25, 0.3) is 0 Å². The lowest BCUT2D eigenvalue weighted by Gasteiger charge is -2.39. The van der Waals surface area contributed by atoms with E-state index in [-0.39, 0.29) is 12.8 Å². The second-order valence-corrected chi connectivity index (χ2v) is 7.69. The molecule has 0 saturated carbocycles. The van der Waals surface area contributed by atoms with Gasteiger partial charge in [-0.05, 0) is 54.3 Å². The summed E-state index contributed by atoms with van der Waals surface area (Å²) in [4.78, 5) is 6.84. The number of nitrogens with one attached hydrogen (secondary N) is 1. The average Bonchev–Trinajstić information content (AvgIpc) is 3.28. The van der Waals surface area contributed by atoms with Crippen molar-refractivity contribution in [2.45, 2.75) is 32.2 Å². The van der Waals surface area contributed by atoms with Crippen molar-refractivity contribution < 1.29 is 18.9 Å². The van der Waals surface area contributed by atoms with Crippen molar-refractivity contribution in [3.63, 3.8) is 0 Å². The van der Waals surface area contributed by atoms with Crippen LogP contribution in [0, 0.1) is 11.5 Å². The highest BCUT2D eigenvalue weighted by Crippen LogP contribution is 2.42. The van der Waals surface area contributed by atoms with Gasteiger partial charge in [-0.3, -0.25) is 10.3 Å². The van der Waals surface area contributed by atoms with Crippen LogP contribution < -0.4 is 24.3 Å². The molecule has 168 valence electrons. The summed E-state index contributed by atoms with van der Waals surface area (Å²) in [5.41, 5.74) is 3.36. The Hall–Kier alpha value is -3.60. The van der Waals surface area contributed by atoms with Gasteiger partial charge in [-0.1, -0.05) is 6.92 Å². The zero-order valence-electron chi connectivity index (χ0n) is 18.7. The summed E-state index contributed by atoms with van der Waals surface area (Å²) in [5, 5.41) is 12.2. The number of hydrogen-bond donors (Lipinski definition) is 1. The van der Waals surface area contributed by atoms with Crippen molar-refractivity contribution in [1.29, 1.82) is 5.26 Å². The van der Waals surface area contributed by atoms with E-state index in [1.165, 1.54) is 5.56 Å². The van der Waals surface area contributed by atoms with E-state index in [9.17, 15) is 5.26 Å². The van der Waals surface area contributed by atoms with Crippen LogP contribution in [0.3, 0.4) is 0 Å². The van der Waals surface area contributed by atoms with Gasteiger partial charge in [0.25, 0.3) is 0 Å². The Morgan fingerprint density at radius 3 is 2.75 bits per heavy atom. The number of nitrogens with zero attached hydrogens (tertiary/aromatic N) is 3. The zero-order valence-corrected chi connectivity index (χ0v) is 18.7. The number of aliphatic imine (C=N–C) groups is 1. The number of guanidine groups is 1. The molecule has 0 amide bonds. The van der Waals surface area contributed by atoms with E-state index in [0.717, 1.165) is 53.5 Å². The monoisotopic (exact) mass is 436 g/mol. The van der Waals surface area contributed by atoms with Gasteiger partial charge in [0.05, 0.1) is 20.3 Å². The van der Waals surface area contributed by atoms with Gasteiger partial charge in [-0.2, -0.15) is 5.26 Å². The maximum Gasteiger partial charge on any atom is 0.231 e. The molecule has 0 radical (unpaired) electrons. The number of ether oxygens (including phenoxy) is 4. The molecule has 1 N–H and O–H groups in total. The van der Waals surface area contributed by atoms with E-state index in [1.54, 1.807) is 14.2 Å². The van der Waals surface area contributed by atoms with Crippen LogP contribution in [0.2, 0.25) is 0 Å². The molecule has 8 nitrogen and oxygen atoms in total. The summed E-state index contributed by atoms with van der Waals surface area (Å²) < 4.78 is 22.4. The molecule has 4 rings (SSSR count). The van der Waals surface area contributed by atoms with Gasteiger partial charge in [0.1, 0.15) is 11.5 Å². The molecule has 2 aliphatic heterocycles. The van der Waals surface area contributed by atoms with Crippen LogP contribution >= 0.6 is 0 Å². The molecule has 0 bridgehead atoms. The number of hydrogen-bond acceptors (Lipinski definition) is 6. The van der Waals surface area contributed by atoms with Crippen molar-refractivity contribution >= 4 is 5.96 Å². The molecule has 2 aliphatic rings. The largest absolute Gasteiger partial charge is 0.497 e. The Labute approximate surface area is 188 Å². The summed E-state index contributed by atoms with van der Waals surface area (Å²) in [6.07, 6.45) is 4.41. The highest BCUT2D eigenvalue weighted by atomic mass is 16.7. The van der Waals surface area contributed by atoms with Crippen LogP contribution in [-0.4, -0.2) is 45.0 Å². The normalized spacial score (nSPS) is 16.9. The predicted molar refractivity (Wildman–Crippen MR) is 120 cm³/mol. The third-order valence-electron chi connectivity index (χ3n) is 5.82. The fraction of sp³-hybridized carbons (Fsp3) is 0.417. The lowest BCUT2D eigenvalue weighted by molar-refractivity contribution is 0.174. The molecule has 0 saturated heterocycles. The predicted octanol–water partition coefficient (Wildman–Crippen LogP) is 3.41. The number of fused-ring (bicyclic) bond motifs is 2. The number of nitriles is 1. The second kappa shape index (κ2) is 9.69. The molecule has 0 aliphatic carbocycles. The summed E-state index contributed by atoms with van der Waals surface area (Å²) in [5.74, 6) is 3.67. The molecule has 0 spiro atoms. The smallest absolute Gasteiger partial charge is 0.231 e. The van der Waals surface area contributed by atoms with Crippen molar-refractivity contribution in [3.8, 4) is 29.2 Å². The van der Waals surface area contributed by atoms with Crippen molar-refractivity contribution in [2.24, 2.45) is 4.99 Å². The maximum absolute atomic E-state index is 9.37. The van der Waals surface area contributed by atoms with E-state index in [2.05, 4.69) is 40.5 Å². The molecule has 1 atom stereocenters. The Morgan fingerprint density at radius 1 is 1.22 bits per heavy atom. The quantitative estimate of drug-likeness (QED) is 0.321. The van der Waals surface area contributed by atoms with Gasteiger partial charge in [0.15, 0.2) is 17.7 Å². The zero-order chi connectivity index (χ0) is 22.5. The number of methoxy groups -OCH3 is 2. The van der Waals surface area contributed by atoms with Crippen molar-refractivity contribution in [1.82, 2.24) is 10.2 Å². The molecule has 1 unspecified atom stereocenters. The number of rotatable bonds is 6. The Balaban J connectivity index is 1.79. The lowest BCUT2D eigenvalue weighted by Crippen LogP contribution is -2.46. The fourth-order valence-electron chi connectivity index (χ4n) is 4.28. The number of benzene rings is 2. The van der Waals surface area contributed by atoms with Gasteiger partial charge in [0, 0.05) is 25.1 Å². The topological polar surface area (TPSA) is 88.3 Å². The molecule has 2 aromatic carbocycles. The van der Waals surface area contributed by atoms with Crippen LogP contribution in [0.4, 0.5) is 0 Å². The third kappa shape index (κ3) is 4.24. The minimum Gasteiger partial charge on any atom is -0.497 e. The highest BCUT2D eigenvalue weighted by Gasteiger charge is 2.33. The molecular formula is C24H28N4O4. The van der Waals surface area contributed by atoms with E-state index < -0.39 is 0 Å².